The molecule has 2 rings (SSSR count). The van der Waals surface area contributed by atoms with Crippen molar-refractivity contribution in [1.29, 1.82) is 0 Å². The molecule has 0 aliphatic rings. The first-order valence-electron chi connectivity index (χ1n) is 7.17. The van der Waals surface area contributed by atoms with E-state index in [4.69, 9.17) is 4.74 Å². The summed E-state index contributed by atoms with van der Waals surface area (Å²) in [4.78, 5) is 11.7. The van der Waals surface area contributed by atoms with Gasteiger partial charge in [0.15, 0.2) is 0 Å². The zero-order chi connectivity index (χ0) is 16.7. The molecule has 23 heavy (non-hydrogen) atoms. The summed E-state index contributed by atoms with van der Waals surface area (Å²) in [5.74, 6) is -1.25. The van der Waals surface area contributed by atoms with Crippen molar-refractivity contribution in [3.63, 3.8) is 0 Å². The van der Waals surface area contributed by atoms with Gasteiger partial charge in [0.05, 0.1) is 7.11 Å². The number of carbonyl (C=O) groups is 1. The number of nitrogens with one attached hydrogen (secondary N) is 2. The zero-order valence-corrected chi connectivity index (χ0v) is 12.7. The van der Waals surface area contributed by atoms with Gasteiger partial charge in [0.25, 0.3) is 0 Å². The average molecular weight is 320 g/mol. The van der Waals surface area contributed by atoms with E-state index in [1.807, 2.05) is 24.3 Å². The molecule has 1 amide bonds. The van der Waals surface area contributed by atoms with Crippen LogP contribution in [0, 0.1) is 11.6 Å². The van der Waals surface area contributed by atoms with Crippen LogP contribution in [0.15, 0.2) is 42.5 Å². The van der Waals surface area contributed by atoms with Crippen molar-refractivity contribution >= 4 is 11.6 Å². The van der Waals surface area contributed by atoms with Crippen LogP contribution in [-0.2, 0) is 11.3 Å². The number of halogens is 2. The second-order valence-corrected chi connectivity index (χ2v) is 4.92. The molecule has 2 aromatic rings. The Labute approximate surface area is 133 Å². The van der Waals surface area contributed by atoms with Gasteiger partial charge in [0.1, 0.15) is 23.1 Å². The lowest BCUT2D eigenvalue weighted by Gasteiger charge is -2.08. The first kappa shape index (κ1) is 16.9. The Balaban J connectivity index is 1.74. The molecule has 2 N–H and O–H groups in total. The van der Waals surface area contributed by atoms with Crippen molar-refractivity contribution in [3.8, 4) is 5.75 Å². The maximum Gasteiger partial charge on any atom is 0.225 e. The van der Waals surface area contributed by atoms with Crippen molar-refractivity contribution < 1.29 is 18.3 Å². The number of methoxy groups -OCH3 is 1. The Hall–Kier alpha value is -2.47. The molecule has 0 fully saturated rings. The van der Waals surface area contributed by atoms with Gasteiger partial charge in [-0.25, -0.2) is 8.78 Å². The van der Waals surface area contributed by atoms with E-state index in [-0.39, 0.29) is 6.42 Å². The molecule has 0 atom stereocenters. The number of hydrogen-bond acceptors (Lipinski definition) is 3. The Bertz CT molecular complexity index is 640. The highest BCUT2D eigenvalue weighted by atomic mass is 19.1. The SMILES string of the molecule is COc1ccc(CNCCC(=O)Nc2c(F)cccc2F)cc1. The number of benzene rings is 2. The van der Waals surface area contributed by atoms with Crippen LogP contribution in [0.2, 0.25) is 0 Å². The molecule has 2 aromatic carbocycles. The minimum Gasteiger partial charge on any atom is -0.497 e. The van der Waals surface area contributed by atoms with Gasteiger partial charge in [-0.05, 0) is 29.8 Å². The Morgan fingerprint density at radius 1 is 1.09 bits per heavy atom. The van der Waals surface area contributed by atoms with Crippen molar-refractivity contribution in [2.75, 3.05) is 19.0 Å². The van der Waals surface area contributed by atoms with Crippen molar-refractivity contribution in [2.24, 2.45) is 0 Å². The van der Waals surface area contributed by atoms with Crippen LogP contribution in [0.1, 0.15) is 12.0 Å². The molecule has 0 radical (unpaired) electrons. The summed E-state index contributed by atoms with van der Waals surface area (Å²) in [5, 5.41) is 5.34. The molecule has 6 heteroatoms. The Kier molecular flexibility index (Phi) is 6.05. The largest absolute Gasteiger partial charge is 0.497 e. The summed E-state index contributed by atoms with van der Waals surface area (Å²) < 4.78 is 31.9. The monoisotopic (exact) mass is 320 g/mol. The number of amides is 1. The number of hydrogen-bond donors (Lipinski definition) is 2. The number of rotatable bonds is 7. The van der Waals surface area contributed by atoms with Crippen LogP contribution in [0.4, 0.5) is 14.5 Å². The maximum absolute atomic E-state index is 13.4. The molecule has 0 saturated carbocycles. The van der Waals surface area contributed by atoms with Crippen LogP contribution < -0.4 is 15.4 Å². The fraction of sp³-hybridized carbons (Fsp3) is 0.235. The first-order chi connectivity index (χ1) is 11.1. The lowest BCUT2D eigenvalue weighted by Crippen LogP contribution is -2.22. The predicted octanol–water partition coefficient (Wildman–Crippen LogP) is 3.09. The summed E-state index contributed by atoms with van der Waals surface area (Å²) in [7, 11) is 1.60. The average Bonchev–Trinajstić information content (AvgIpc) is 2.56. The minimum atomic E-state index is -0.787. The first-order valence-corrected chi connectivity index (χ1v) is 7.17. The molecule has 0 aromatic heterocycles. The van der Waals surface area contributed by atoms with Gasteiger partial charge in [-0.1, -0.05) is 18.2 Å². The highest BCUT2D eigenvalue weighted by Crippen LogP contribution is 2.18. The van der Waals surface area contributed by atoms with Gasteiger partial charge in [-0.2, -0.15) is 0 Å². The van der Waals surface area contributed by atoms with Gasteiger partial charge in [0.2, 0.25) is 5.91 Å². The van der Waals surface area contributed by atoms with Crippen LogP contribution in [0.25, 0.3) is 0 Å². The minimum absolute atomic E-state index is 0.115. The third-order valence-electron chi connectivity index (χ3n) is 3.24. The zero-order valence-electron chi connectivity index (χ0n) is 12.7. The summed E-state index contributed by atoms with van der Waals surface area (Å²) in [6.07, 6.45) is 0.115. The van der Waals surface area contributed by atoms with E-state index >= 15 is 0 Å². The maximum atomic E-state index is 13.4. The third-order valence-corrected chi connectivity index (χ3v) is 3.24. The summed E-state index contributed by atoms with van der Waals surface area (Å²) in [6.45, 7) is 0.985. The summed E-state index contributed by atoms with van der Waals surface area (Å²) in [6, 6.07) is 11.0. The topological polar surface area (TPSA) is 50.4 Å². The van der Waals surface area contributed by atoms with Gasteiger partial charge < -0.3 is 15.4 Å². The second kappa shape index (κ2) is 8.24. The smallest absolute Gasteiger partial charge is 0.225 e. The number of carbonyl (C=O) groups excluding carboxylic acids is 1. The van der Waals surface area contributed by atoms with Crippen LogP contribution in [0.3, 0.4) is 0 Å². The molecule has 122 valence electrons. The molecule has 0 aliphatic heterocycles. The summed E-state index contributed by atoms with van der Waals surface area (Å²) >= 11 is 0. The highest BCUT2D eigenvalue weighted by molar-refractivity contribution is 5.91. The molecule has 0 unspecified atom stereocenters. The number of ether oxygens (including phenoxy) is 1. The fourth-order valence-electron chi connectivity index (χ4n) is 2.00. The quantitative estimate of drug-likeness (QED) is 0.771. The Morgan fingerprint density at radius 3 is 2.35 bits per heavy atom. The third kappa shape index (κ3) is 5.03. The molecule has 0 saturated heterocycles. The summed E-state index contributed by atoms with van der Waals surface area (Å²) in [5.41, 5.74) is 0.638. The van der Waals surface area contributed by atoms with Gasteiger partial charge in [-0.15, -0.1) is 0 Å². The van der Waals surface area contributed by atoms with E-state index < -0.39 is 23.2 Å². The van der Waals surface area contributed by atoms with Crippen molar-refractivity contribution in [2.45, 2.75) is 13.0 Å². The lowest BCUT2D eigenvalue weighted by molar-refractivity contribution is -0.116. The molecule has 4 nitrogen and oxygen atoms in total. The number of para-hydroxylation sites is 1. The molecular formula is C17H18F2N2O2. The molecule has 0 bridgehead atoms. The molecule has 0 spiro atoms. The predicted molar refractivity (Wildman–Crippen MR) is 84.3 cm³/mol. The Morgan fingerprint density at radius 2 is 1.74 bits per heavy atom. The van der Waals surface area contributed by atoms with E-state index in [1.54, 1.807) is 7.11 Å². The number of anilines is 1. The van der Waals surface area contributed by atoms with Crippen LogP contribution in [-0.4, -0.2) is 19.6 Å². The van der Waals surface area contributed by atoms with Gasteiger partial charge >= 0.3 is 0 Å². The second-order valence-electron chi connectivity index (χ2n) is 4.92. The van der Waals surface area contributed by atoms with E-state index in [0.29, 0.717) is 13.1 Å². The molecule has 0 aliphatic carbocycles. The van der Waals surface area contributed by atoms with Crippen molar-refractivity contribution in [3.05, 3.63) is 59.7 Å². The van der Waals surface area contributed by atoms with Crippen LogP contribution >= 0.6 is 0 Å². The van der Waals surface area contributed by atoms with E-state index in [2.05, 4.69) is 10.6 Å². The van der Waals surface area contributed by atoms with E-state index in [9.17, 15) is 13.6 Å². The highest BCUT2D eigenvalue weighted by Gasteiger charge is 2.11. The van der Waals surface area contributed by atoms with Crippen LogP contribution in [0.5, 0.6) is 5.75 Å². The standard InChI is InChI=1S/C17H18F2N2O2/c1-23-13-7-5-12(6-8-13)11-20-10-9-16(22)21-17-14(18)3-2-4-15(17)19/h2-8,20H,9-11H2,1H3,(H,21,22). The van der Waals surface area contributed by atoms with E-state index in [0.717, 1.165) is 23.4 Å². The van der Waals surface area contributed by atoms with Gasteiger partial charge in [0, 0.05) is 19.5 Å². The van der Waals surface area contributed by atoms with Crippen molar-refractivity contribution in [1.82, 2.24) is 5.32 Å². The molecule has 0 heterocycles. The van der Waals surface area contributed by atoms with E-state index in [1.165, 1.54) is 6.07 Å². The molecular weight excluding hydrogens is 302 g/mol. The van der Waals surface area contributed by atoms with Gasteiger partial charge in [-0.3, -0.25) is 4.79 Å². The lowest BCUT2D eigenvalue weighted by atomic mass is 10.2. The normalized spacial score (nSPS) is 10.4. The fourth-order valence-corrected chi connectivity index (χ4v) is 2.00.